The van der Waals surface area contributed by atoms with Gasteiger partial charge in [0.15, 0.2) is 5.78 Å². The highest BCUT2D eigenvalue weighted by Gasteiger charge is 2.40. The quantitative estimate of drug-likeness (QED) is 0.886. The zero-order valence-corrected chi connectivity index (χ0v) is 16.5. The third-order valence-electron chi connectivity index (χ3n) is 5.68. The molecule has 28 heavy (non-hydrogen) atoms. The molecule has 0 aliphatic carbocycles. The van der Waals surface area contributed by atoms with Crippen molar-refractivity contribution < 1.29 is 9.59 Å². The highest BCUT2D eigenvalue weighted by atomic mass is 16.2. The maximum absolute atomic E-state index is 13.3. The van der Waals surface area contributed by atoms with Crippen LogP contribution in [0.3, 0.4) is 0 Å². The molecular weight excluding hydrogens is 354 g/mol. The van der Waals surface area contributed by atoms with Crippen LogP contribution in [-0.4, -0.2) is 45.1 Å². The fraction of sp³-hybridized carbons (Fsp3) is 0.429. The van der Waals surface area contributed by atoms with Gasteiger partial charge in [0.25, 0.3) is 5.91 Å². The number of H-pyrrole nitrogens is 1. The van der Waals surface area contributed by atoms with Crippen molar-refractivity contribution in [3.8, 4) is 0 Å². The van der Waals surface area contributed by atoms with E-state index in [0.29, 0.717) is 18.7 Å². The van der Waals surface area contributed by atoms with Crippen LogP contribution in [-0.2, 0) is 9.59 Å². The van der Waals surface area contributed by atoms with Crippen LogP contribution in [0.1, 0.15) is 49.2 Å². The molecule has 1 saturated heterocycles. The van der Waals surface area contributed by atoms with E-state index in [9.17, 15) is 9.59 Å². The molecule has 0 radical (unpaired) electrons. The van der Waals surface area contributed by atoms with Gasteiger partial charge >= 0.3 is 0 Å². The number of benzene rings is 1. The van der Waals surface area contributed by atoms with Crippen molar-refractivity contribution in [1.82, 2.24) is 15.1 Å². The number of hydrogen-bond donors (Lipinski definition) is 1. The number of anilines is 1. The average Bonchev–Trinajstić information content (AvgIpc) is 3.40. The molecular formula is C21H25N5O2. The van der Waals surface area contributed by atoms with Gasteiger partial charge in [0.05, 0.1) is 17.4 Å². The number of hydrazone groups is 1. The van der Waals surface area contributed by atoms with E-state index in [1.54, 1.807) is 11.9 Å². The standard InChI is InChI=1S/C21H25N5O2/c1-13-20(14(2)23-22-13)18-10-7-11-25(18)21(28)17-12-19(15(3)27)26(24-17)16-8-5-4-6-9-16/h4-6,8-9,18-19H,7,10-12H2,1-3H3,(H,22,23)/t18-,19+/m1/s1. The Hall–Kier alpha value is -2.96. The number of hydrogen-bond acceptors (Lipinski definition) is 5. The summed E-state index contributed by atoms with van der Waals surface area (Å²) < 4.78 is 0. The van der Waals surface area contributed by atoms with Crippen molar-refractivity contribution in [3.63, 3.8) is 0 Å². The van der Waals surface area contributed by atoms with Crippen molar-refractivity contribution in [3.05, 3.63) is 47.3 Å². The van der Waals surface area contributed by atoms with Crippen LogP contribution in [0.2, 0.25) is 0 Å². The van der Waals surface area contributed by atoms with Gasteiger partial charge in [-0.1, -0.05) is 18.2 Å². The van der Waals surface area contributed by atoms with Gasteiger partial charge in [0, 0.05) is 24.2 Å². The molecule has 1 aromatic heterocycles. The summed E-state index contributed by atoms with van der Waals surface area (Å²) in [5, 5.41) is 13.6. The van der Waals surface area contributed by atoms with Crippen molar-refractivity contribution in [2.24, 2.45) is 5.10 Å². The molecule has 1 fully saturated rings. The molecule has 7 nitrogen and oxygen atoms in total. The number of nitrogens with one attached hydrogen (secondary N) is 1. The Labute approximate surface area is 164 Å². The second kappa shape index (κ2) is 7.22. The highest BCUT2D eigenvalue weighted by Crippen LogP contribution is 2.36. The molecule has 146 valence electrons. The Balaban J connectivity index is 1.63. The van der Waals surface area contributed by atoms with Gasteiger partial charge in [-0.3, -0.25) is 19.7 Å². The van der Waals surface area contributed by atoms with Crippen LogP contribution in [0.5, 0.6) is 0 Å². The van der Waals surface area contributed by atoms with Crippen molar-refractivity contribution in [1.29, 1.82) is 0 Å². The summed E-state index contributed by atoms with van der Waals surface area (Å²) in [6.07, 6.45) is 2.21. The minimum atomic E-state index is -0.431. The van der Waals surface area contributed by atoms with Crippen LogP contribution in [0.15, 0.2) is 35.4 Å². The fourth-order valence-electron chi connectivity index (χ4n) is 4.30. The first-order valence-electron chi connectivity index (χ1n) is 9.72. The highest BCUT2D eigenvalue weighted by molar-refractivity contribution is 6.40. The zero-order chi connectivity index (χ0) is 19.8. The lowest BCUT2D eigenvalue weighted by molar-refractivity contribution is -0.125. The van der Waals surface area contributed by atoms with Crippen molar-refractivity contribution in [2.45, 2.75) is 52.1 Å². The maximum Gasteiger partial charge on any atom is 0.270 e. The topological polar surface area (TPSA) is 81.7 Å². The number of carbonyl (C=O) groups is 2. The molecule has 2 aromatic rings. The lowest BCUT2D eigenvalue weighted by atomic mass is 10.0. The molecule has 1 N–H and O–H groups in total. The number of aromatic amines is 1. The number of amides is 1. The minimum absolute atomic E-state index is 0.00917. The van der Waals surface area contributed by atoms with Crippen LogP contribution < -0.4 is 5.01 Å². The molecule has 2 atom stereocenters. The van der Waals surface area contributed by atoms with Gasteiger partial charge < -0.3 is 4.90 Å². The van der Waals surface area contributed by atoms with E-state index in [1.165, 1.54) is 0 Å². The molecule has 1 aromatic carbocycles. The van der Waals surface area contributed by atoms with E-state index in [4.69, 9.17) is 0 Å². The number of para-hydroxylation sites is 1. The molecule has 0 unspecified atom stereocenters. The van der Waals surface area contributed by atoms with Crippen LogP contribution in [0, 0.1) is 13.8 Å². The van der Waals surface area contributed by atoms with Crippen molar-refractivity contribution in [2.75, 3.05) is 11.6 Å². The molecule has 7 heteroatoms. The number of ketones is 1. The van der Waals surface area contributed by atoms with Crippen molar-refractivity contribution >= 4 is 23.1 Å². The monoisotopic (exact) mass is 379 g/mol. The SMILES string of the molecule is CC(=O)[C@@H]1CC(C(=O)N2CCC[C@@H]2c2c(C)n[nH]c2C)=NN1c1ccccc1. The summed E-state index contributed by atoms with van der Waals surface area (Å²) in [5.41, 5.74) is 4.32. The Morgan fingerprint density at radius 1 is 1.18 bits per heavy atom. The number of aromatic nitrogens is 2. The van der Waals surface area contributed by atoms with E-state index >= 15 is 0 Å². The number of Topliss-reactive ketones (excluding diaryl/α,β-unsaturated/α-hetero) is 1. The first-order chi connectivity index (χ1) is 13.5. The van der Waals surface area contributed by atoms with E-state index in [1.807, 2.05) is 49.1 Å². The van der Waals surface area contributed by atoms with Crippen LogP contribution >= 0.6 is 0 Å². The first-order valence-corrected chi connectivity index (χ1v) is 9.72. The molecule has 0 saturated carbocycles. The van der Waals surface area contributed by atoms with E-state index in [2.05, 4.69) is 15.3 Å². The third kappa shape index (κ3) is 3.10. The number of rotatable bonds is 4. The largest absolute Gasteiger partial charge is 0.330 e. The van der Waals surface area contributed by atoms with E-state index in [-0.39, 0.29) is 17.7 Å². The summed E-state index contributed by atoms with van der Waals surface area (Å²) in [6.45, 7) is 6.21. The van der Waals surface area contributed by atoms with Gasteiger partial charge in [-0.05, 0) is 45.7 Å². The summed E-state index contributed by atoms with van der Waals surface area (Å²) in [5.74, 6) is -0.0675. The molecule has 0 bridgehead atoms. The molecule has 0 spiro atoms. The lowest BCUT2D eigenvalue weighted by Crippen LogP contribution is -2.37. The Kier molecular flexibility index (Phi) is 4.75. The number of aryl methyl sites for hydroxylation is 2. The predicted molar refractivity (Wildman–Crippen MR) is 107 cm³/mol. The first kappa shape index (κ1) is 18.4. The Morgan fingerprint density at radius 3 is 2.57 bits per heavy atom. The molecule has 4 rings (SSSR count). The van der Waals surface area contributed by atoms with Crippen LogP contribution in [0.4, 0.5) is 5.69 Å². The van der Waals surface area contributed by atoms with Gasteiger partial charge in [0.1, 0.15) is 11.8 Å². The number of carbonyl (C=O) groups excluding carboxylic acids is 2. The summed E-state index contributed by atoms with van der Waals surface area (Å²) in [4.78, 5) is 27.5. The Morgan fingerprint density at radius 2 is 1.93 bits per heavy atom. The smallest absolute Gasteiger partial charge is 0.270 e. The van der Waals surface area contributed by atoms with Gasteiger partial charge in [-0.2, -0.15) is 10.2 Å². The van der Waals surface area contributed by atoms with E-state index in [0.717, 1.165) is 35.5 Å². The van der Waals surface area contributed by atoms with Gasteiger partial charge in [0.2, 0.25) is 0 Å². The summed E-state index contributed by atoms with van der Waals surface area (Å²) >= 11 is 0. The predicted octanol–water partition coefficient (Wildman–Crippen LogP) is 2.91. The second-order valence-electron chi connectivity index (χ2n) is 7.56. The van der Waals surface area contributed by atoms with Gasteiger partial charge in [-0.25, -0.2) is 0 Å². The Bertz CT molecular complexity index is 914. The molecule has 2 aliphatic heterocycles. The lowest BCUT2D eigenvalue weighted by Gasteiger charge is -2.25. The normalized spacial score (nSPS) is 21.9. The zero-order valence-electron chi connectivity index (χ0n) is 16.5. The van der Waals surface area contributed by atoms with Gasteiger partial charge in [-0.15, -0.1) is 0 Å². The summed E-state index contributed by atoms with van der Waals surface area (Å²) in [6, 6.07) is 9.12. The summed E-state index contributed by atoms with van der Waals surface area (Å²) in [7, 11) is 0. The molecule has 2 aliphatic rings. The minimum Gasteiger partial charge on any atom is -0.330 e. The second-order valence-corrected chi connectivity index (χ2v) is 7.56. The fourth-order valence-corrected chi connectivity index (χ4v) is 4.30. The molecule has 3 heterocycles. The number of nitrogens with zero attached hydrogens (tertiary/aromatic N) is 4. The molecule has 1 amide bonds. The van der Waals surface area contributed by atoms with Crippen LogP contribution in [0.25, 0.3) is 0 Å². The maximum atomic E-state index is 13.3. The van der Waals surface area contributed by atoms with E-state index < -0.39 is 6.04 Å². The third-order valence-corrected chi connectivity index (χ3v) is 5.68. The average molecular weight is 379 g/mol. The number of likely N-dealkylation sites (tertiary alicyclic amines) is 1.